The molecule has 13 heavy (non-hydrogen) atoms. The fourth-order valence-corrected chi connectivity index (χ4v) is 2.06. The van der Waals surface area contributed by atoms with Crippen molar-refractivity contribution >= 4 is 0 Å². The van der Waals surface area contributed by atoms with Gasteiger partial charge in [0.15, 0.2) is 0 Å². The second-order valence-corrected chi connectivity index (χ2v) is 4.53. The van der Waals surface area contributed by atoms with E-state index in [9.17, 15) is 0 Å². The number of likely N-dealkylation sites (tertiary alicyclic amines) is 1. The monoisotopic (exact) mass is 180 g/mol. The smallest absolute Gasteiger partial charge is 0.0700 e. The highest BCUT2D eigenvalue weighted by atomic mass is 15.2. The first-order chi connectivity index (χ1) is 6.11. The van der Waals surface area contributed by atoms with E-state index in [0.717, 1.165) is 19.5 Å². The molecule has 0 bridgehead atoms. The maximum absolute atomic E-state index is 8.98. The summed E-state index contributed by atoms with van der Waals surface area (Å²) in [4.78, 5) is 2.45. The summed E-state index contributed by atoms with van der Waals surface area (Å²) in [5.41, 5.74) is -0.0813. The van der Waals surface area contributed by atoms with Gasteiger partial charge in [0.1, 0.15) is 0 Å². The highest BCUT2D eigenvalue weighted by Crippen LogP contribution is 2.30. The third kappa shape index (κ3) is 2.45. The summed E-state index contributed by atoms with van der Waals surface area (Å²) >= 11 is 0. The van der Waals surface area contributed by atoms with E-state index in [0.29, 0.717) is 6.04 Å². The van der Waals surface area contributed by atoms with Gasteiger partial charge in [0.25, 0.3) is 0 Å². The second kappa shape index (κ2) is 4.11. The first-order valence-electron chi connectivity index (χ1n) is 5.26. The largest absolute Gasteiger partial charge is 0.299 e. The fourth-order valence-electron chi connectivity index (χ4n) is 2.06. The lowest BCUT2D eigenvalue weighted by Crippen LogP contribution is -2.32. The highest BCUT2D eigenvalue weighted by Gasteiger charge is 2.35. The van der Waals surface area contributed by atoms with Crippen LogP contribution in [-0.4, -0.2) is 24.0 Å². The highest BCUT2D eigenvalue weighted by molar-refractivity contribution is 5.02. The summed E-state index contributed by atoms with van der Waals surface area (Å²) in [6.07, 6.45) is 3.53. The maximum atomic E-state index is 8.98. The summed E-state index contributed by atoms with van der Waals surface area (Å²) in [7, 11) is 0. The zero-order valence-corrected chi connectivity index (χ0v) is 9.01. The first-order valence-corrected chi connectivity index (χ1v) is 5.26. The molecule has 2 heteroatoms. The number of nitriles is 1. The van der Waals surface area contributed by atoms with Crippen molar-refractivity contribution in [3.05, 3.63) is 0 Å². The minimum absolute atomic E-state index is 0.0813. The normalized spacial score (nSPS) is 31.5. The van der Waals surface area contributed by atoms with Gasteiger partial charge in [-0.25, -0.2) is 0 Å². The molecule has 0 aromatic rings. The van der Waals surface area contributed by atoms with Gasteiger partial charge >= 0.3 is 0 Å². The zero-order valence-electron chi connectivity index (χ0n) is 9.01. The molecule has 1 saturated heterocycles. The van der Waals surface area contributed by atoms with Gasteiger partial charge in [-0.2, -0.15) is 5.26 Å². The van der Waals surface area contributed by atoms with Gasteiger partial charge < -0.3 is 0 Å². The van der Waals surface area contributed by atoms with Crippen LogP contribution in [0.4, 0.5) is 0 Å². The molecule has 0 amide bonds. The van der Waals surface area contributed by atoms with Gasteiger partial charge in [-0.1, -0.05) is 13.3 Å². The molecule has 2 atom stereocenters. The predicted molar refractivity (Wildman–Crippen MR) is 54.3 cm³/mol. The average molecular weight is 180 g/mol. The molecule has 1 fully saturated rings. The van der Waals surface area contributed by atoms with Crippen LogP contribution in [0.2, 0.25) is 0 Å². The number of nitrogens with zero attached hydrogens (tertiary/aromatic N) is 2. The lowest BCUT2D eigenvalue weighted by Gasteiger charge is -2.24. The van der Waals surface area contributed by atoms with E-state index in [-0.39, 0.29) is 5.41 Å². The number of hydrogen-bond donors (Lipinski definition) is 0. The molecule has 1 aliphatic rings. The van der Waals surface area contributed by atoms with Gasteiger partial charge in [-0.05, 0) is 26.7 Å². The van der Waals surface area contributed by atoms with Crippen LogP contribution in [0.3, 0.4) is 0 Å². The van der Waals surface area contributed by atoms with Crippen molar-refractivity contribution in [2.24, 2.45) is 5.41 Å². The molecule has 0 N–H and O–H groups in total. The van der Waals surface area contributed by atoms with Gasteiger partial charge in [-0.15, -0.1) is 0 Å². The summed E-state index contributed by atoms with van der Waals surface area (Å²) in [6, 6.07) is 3.08. The summed E-state index contributed by atoms with van der Waals surface area (Å²) < 4.78 is 0. The molecule has 2 unspecified atom stereocenters. The van der Waals surface area contributed by atoms with Crippen LogP contribution in [0.5, 0.6) is 0 Å². The Labute approximate surface area is 81.5 Å². The summed E-state index contributed by atoms with van der Waals surface area (Å²) in [5, 5.41) is 8.98. The number of rotatable bonds is 3. The first kappa shape index (κ1) is 10.5. The molecule has 2 nitrogen and oxygen atoms in total. The Morgan fingerprint density at radius 2 is 2.31 bits per heavy atom. The van der Waals surface area contributed by atoms with E-state index in [1.165, 1.54) is 12.8 Å². The van der Waals surface area contributed by atoms with Crippen molar-refractivity contribution in [3.63, 3.8) is 0 Å². The molecule has 0 radical (unpaired) electrons. The summed E-state index contributed by atoms with van der Waals surface area (Å²) in [5.74, 6) is 0. The van der Waals surface area contributed by atoms with E-state index in [1.54, 1.807) is 0 Å². The van der Waals surface area contributed by atoms with Crippen LogP contribution < -0.4 is 0 Å². The van der Waals surface area contributed by atoms with Crippen LogP contribution in [-0.2, 0) is 0 Å². The van der Waals surface area contributed by atoms with Crippen molar-refractivity contribution in [1.82, 2.24) is 4.90 Å². The van der Waals surface area contributed by atoms with Crippen LogP contribution in [0.25, 0.3) is 0 Å². The van der Waals surface area contributed by atoms with Gasteiger partial charge in [0, 0.05) is 19.1 Å². The van der Waals surface area contributed by atoms with Gasteiger partial charge in [0.2, 0.25) is 0 Å². The van der Waals surface area contributed by atoms with Crippen molar-refractivity contribution in [2.45, 2.75) is 46.1 Å². The summed E-state index contributed by atoms with van der Waals surface area (Å²) in [6.45, 7) is 8.63. The quantitative estimate of drug-likeness (QED) is 0.667. The zero-order chi connectivity index (χ0) is 9.90. The molecular weight excluding hydrogens is 160 g/mol. The molecule has 1 aliphatic heterocycles. The van der Waals surface area contributed by atoms with Crippen LogP contribution in [0.1, 0.15) is 40.0 Å². The van der Waals surface area contributed by atoms with Gasteiger partial charge in [0.05, 0.1) is 11.5 Å². The lowest BCUT2D eigenvalue weighted by atomic mass is 9.92. The number of hydrogen-bond acceptors (Lipinski definition) is 2. The maximum Gasteiger partial charge on any atom is 0.0700 e. The molecule has 0 aromatic carbocycles. The third-order valence-electron chi connectivity index (χ3n) is 3.10. The predicted octanol–water partition coefficient (Wildman–Crippen LogP) is 2.41. The molecule has 1 rings (SSSR count). The van der Waals surface area contributed by atoms with Crippen LogP contribution in [0, 0.1) is 16.7 Å². The Morgan fingerprint density at radius 3 is 2.77 bits per heavy atom. The lowest BCUT2D eigenvalue weighted by molar-refractivity contribution is 0.229. The van der Waals surface area contributed by atoms with Crippen molar-refractivity contribution in [3.8, 4) is 6.07 Å². The molecule has 1 heterocycles. The van der Waals surface area contributed by atoms with E-state index in [4.69, 9.17) is 5.26 Å². The van der Waals surface area contributed by atoms with Gasteiger partial charge in [-0.3, -0.25) is 4.90 Å². The second-order valence-electron chi connectivity index (χ2n) is 4.53. The van der Waals surface area contributed by atoms with Crippen molar-refractivity contribution in [2.75, 3.05) is 13.1 Å². The minimum Gasteiger partial charge on any atom is -0.299 e. The van der Waals surface area contributed by atoms with E-state index >= 15 is 0 Å². The molecule has 74 valence electrons. The Bertz CT molecular complexity index is 207. The van der Waals surface area contributed by atoms with E-state index < -0.39 is 0 Å². The van der Waals surface area contributed by atoms with Crippen LogP contribution >= 0.6 is 0 Å². The standard InChI is InChI=1S/C11H20N2/c1-4-5-10(2)13-7-6-11(3,8-12)9-13/h10H,4-7,9H2,1-3H3. The van der Waals surface area contributed by atoms with E-state index in [1.807, 2.05) is 0 Å². The average Bonchev–Trinajstić information content (AvgIpc) is 2.50. The topological polar surface area (TPSA) is 27.0 Å². The fraction of sp³-hybridized carbons (Fsp3) is 0.909. The molecule has 0 aliphatic carbocycles. The Kier molecular flexibility index (Phi) is 3.33. The molecule has 0 aromatic heterocycles. The Hall–Kier alpha value is -0.550. The van der Waals surface area contributed by atoms with Crippen molar-refractivity contribution in [1.29, 1.82) is 5.26 Å². The Morgan fingerprint density at radius 1 is 1.62 bits per heavy atom. The molecular formula is C11H20N2. The van der Waals surface area contributed by atoms with E-state index in [2.05, 4.69) is 31.7 Å². The molecule has 0 spiro atoms. The van der Waals surface area contributed by atoms with Crippen LogP contribution in [0.15, 0.2) is 0 Å². The molecule has 0 saturated carbocycles. The van der Waals surface area contributed by atoms with Crippen molar-refractivity contribution < 1.29 is 0 Å². The Balaban J connectivity index is 2.46. The SMILES string of the molecule is CCCC(C)N1CCC(C)(C#N)C1. The minimum atomic E-state index is -0.0813. The third-order valence-corrected chi connectivity index (χ3v) is 3.10.